The smallest absolute Gasteiger partial charge is 0.0521 e. The van der Waals surface area contributed by atoms with Crippen LogP contribution in [0, 0.1) is 4.91 Å². The van der Waals surface area contributed by atoms with Gasteiger partial charge < -0.3 is 0 Å². The highest BCUT2D eigenvalue weighted by Gasteiger charge is 2.33. The van der Waals surface area contributed by atoms with Crippen molar-refractivity contribution in [2.45, 2.75) is 25.7 Å². The first-order chi connectivity index (χ1) is 11.1. The summed E-state index contributed by atoms with van der Waals surface area (Å²) in [5.74, 6) is 0. The Morgan fingerprint density at radius 2 is 1.52 bits per heavy atom. The molecule has 0 heterocycles. The molecule has 1 aliphatic carbocycles. The van der Waals surface area contributed by atoms with E-state index in [1.165, 1.54) is 32.8 Å². The van der Waals surface area contributed by atoms with Crippen molar-refractivity contribution in [2.75, 3.05) is 13.6 Å². The molecule has 0 amide bonds. The summed E-state index contributed by atoms with van der Waals surface area (Å²) in [7, 11) is 1.71. The molecular formula is C20H22N2O. The van der Waals surface area contributed by atoms with E-state index in [-0.39, 0.29) is 5.41 Å². The van der Waals surface area contributed by atoms with Crippen LogP contribution < -0.4 is 0 Å². The standard InChI is InChI=1S/C20H22N2O/c1-20(2)18-12-6-4-9-16(18)15(11-8-14-22(3)21-23)17-10-5-7-13-19(17)20/h4-7,9-13H,8,14H2,1-3H3. The predicted molar refractivity (Wildman–Crippen MR) is 95.1 cm³/mol. The van der Waals surface area contributed by atoms with Crippen LogP contribution in [0.15, 0.2) is 59.9 Å². The van der Waals surface area contributed by atoms with Gasteiger partial charge >= 0.3 is 0 Å². The molecule has 0 unspecified atom stereocenters. The number of nitrogens with zero attached hydrogens (tertiary/aromatic N) is 2. The Balaban J connectivity index is 2.10. The molecule has 0 aromatic heterocycles. The molecule has 0 N–H and O–H groups in total. The van der Waals surface area contributed by atoms with Crippen LogP contribution in [-0.2, 0) is 5.41 Å². The van der Waals surface area contributed by atoms with Crippen LogP contribution in [0.25, 0.3) is 5.57 Å². The lowest BCUT2D eigenvalue weighted by Crippen LogP contribution is -2.26. The minimum Gasteiger partial charge on any atom is -0.264 e. The zero-order valence-corrected chi connectivity index (χ0v) is 13.9. The fourth-order valence-corrected chi connectivity index (χ4v) is 3.47. The van der Waals surface area contributed by atoms with Crippen molar-refractivity contribution >= 4 is 5.57 Å². The van der Waals surface area contributed by atoms with Gasteiger partial charge in [0.2, 0.25) is 0 Å². The van der Waals surface area contributed by atoms with Crippen molar-refractivity contribution < 1.29 is 0 Å². The molecule has 23 heavy (non-hydrogen) atoms. The van der Waals surface area contributed by atoms with E-state index in [1.54, 1.807) is 7.05 Å². The highest BCUT2D eigenvalue weighted by Crippen LogP contribution is 2.46. The van der Waals surface area contributed by atoms with Gasteiger partial charge in [-0.3, -0.25) is 5.01 Å². The maximum atomic E-state index is 10.5. The Labute approximate surface area is 137 Å². The van der Waals surface area contributed by atoms with Crippen molar-refractivity contribution in [3.8, 4) is 0 Å². The van der Waals surface area contributed by atoms with Gasteiger partial charge in [0, 0.05) is 19.0 Å². The molecule has 118 valence electrons. The number of nitroso groups, excluding NO2 is 1. The monoisotopic (exact) mass is 306 g/mol. The molecular weight excluding hydrogens is 284 g/mol. The zero-order chi connectivity index (χ0) is 16.4. The SMILES string of the molecule is CN(CCC=C1c2ccccc2C(C)(C)c2ccccc21)N=O. The van der Waals surface area contributed by atoms with E-state index in [2.05, 4.69) is 73.7 Å². The van der Waals surface area contributed by atoms with E-state index in [9.17, 15) is 4.91 Å². The van der Waals surface area contributed by atoms with Gasteiger partial charge in [-0.1, -0.05) is 68.5 Å². The Hall–Kier alpha value is -2.42. The van der Waals surface area contributed by atoms with E-state index in [0.717, 1.165) is 6.42 Å². The van der Waals surface area contributed by atoms with E-state index in [1.807, 2.05) is 0 Å². The van der Waals surface area contributed by atoms with Crippen LogP contribution in [0.4, 0.5) is 0 Å². The number of fused-ring (bicyclic) bond motifs is 2. The summed E-state index contributed by atoms with van der Waals surface area (Å²) in [4.78, 5) is 10.5. The Morgan fingerprint density at radius 3 is 2.04 bits per heavy atom. The lowest BCUT2D eigenvalue weighted by atomic mass is 9.67. The molecule has 0 radical (unpaired) electrons. The molecule has 0 spiro atoms. The average Bonchev–Trinajstić information content (AvgIpc) is 2.58. The molecule has 1 aliphatic rings. The molecule has 0 fully saturated rings. The topological polar surface area (TPSA) is 32.7 Å². The first kappa shape index (κ1) is 15.5. The summed E-state index contributed by atoms with van der Waals surface area (Å²) in [6, 6.07) is 17.2. The molecule has 3 nitrogen and oxygen atoms in total. The van der Waals surface area contributed by atoms with Crippen LogP contribution in [0.5, 0.6) is 0 Å². The molecule has 0 atom stereocenters. The molecule has 2 aromatic carbocycles. The summed E-state index contributed by atoms with van der Waals surface area (Å²) in [5.41, 5.74) is 6.54. The third-order valence-electron chi connectivity index (χ3n) is 4.72. The summed E-state index contributed by atoms with van der Waals surface area (Å²) in [6.45, 7) is 5.19. The van der Waals surface area contributed by atoms with Crippen LogP contribution >= 0.6 is 0 Å². The van der Waals surface area contributed by atoms with Gasteiger partial charge in [0.25, 0.3) is 0 Å². The van der Waals surface area contributed by atoms with Gasteiger partial charge in [-0.25, -0.2) is 0 Å². The molecule has 2 aromatic rings. The highest BCUT2D eigenvalue weighted by molar-refractivity contribution is 5.87. The minimum atomic E-state index is -0.00826. The lowest BCUT2D eigenvalue weighted by Gasteiger charge is -2.36. The summed E-state index contributed by atoms with van der Waals surface area (Å²) in [5, 5.41) is 4.37. The number of benzene rings is 2. The molecule has 0 bridgehead atoms. The van der Waals surface area contributed by atoms with Crippen molar-refractivity contribution in [2.24, 2.45) is 5.29 Å². The maximum absolute atomic E-state index is 10.5. The third-order valence-corrected chi connectivity index (χ3v) is 4.72. The second-order valence-corrected chi connectivity index (χ2v) is 6.59. The Morgan fingerprint density at radius 1 is 1.00 bits per heavy atom. The number of rotatable bonds is 4. The summed E-state index contributed by atoms with van der Waals surface area (Å²) >= 11 is 0. The average molecular weight is 306 g/mol. The molecule has 0 saturated carbocycles. The molecule has 0 aliphatic heterocycles. The second kappa shape index (κ2) is 5.99. The number of hydrogen-bond acceptors (Lipinski definition) is 2. The van der Waals surface area contributed by atoms with Crippen LogP contribution in [-0.4, -0.2) is 18.6 Å². The van der Waals surface area contributed by atoms with E-state index in [0.29, 0.717) is 6.54 Å². The van der Waals surface area contributed by atoms with E-state index < -0.39 is 0 Å². The number of hydrogen-bond donors (Lipinski definition) is 0. The maximum Gasteiger partial charge on any atom is 0.0521 e. The van der Waals surface area contributed by atoms with Gasteiger partial charge in [0.1, 0.15) is 0 Å². The van der Waals surface area contributed by atoms with Crippen molar-refractivity contribution in [1.82, 2.24) is 5.01 Å². The highest BCUT2D eigenvalue weighted by atomic mass is 16.3. The molecule has 3 rings (SSSR count). The van der Waals surface area contributed by atoms with Gasteiger partial charge in [-0.05, 0) is 34.2 Å². The van der Waals surface area contributed by atoms with Crippen molar-refractivity contribution in [1.29, 1.82) is 0 Å². The Kier molecular flexibility index (Phi) is 4.03. The minimum absolute atomic E-state index is 0.00826. The largest absolute Gasteiger partial charge is 0.264 e. The Bertz CT molecular complexity index is 710. The van der Waals surface area contributed by atoms with Gasteiger partial charge in [0.05, 0.1) is 5.29 Å². The first-order valence-corrected chi connectivity index (χ1v) is 8.00. The predicted octanol–water partition coefficient (Wildman–Crippen LogP) is 4.76. The van der Waals surface area contributed by atoms with Gasteiger partial charge in [-0.15, -0.1) is 4.91 Å². The first-order valence-electron chi connectivity index (χ1n) is 8.00. The fraction of sp³-hybridized carbons (Fsp3) is 0.300. The van der Waals surface area contributed by atoms with Crippen LogP contribution in [0.2, 0.25) is 0 Å². The van der Waals surface area contributed by atoms with Gasteiger partial charge in [0.15, 0.2) is 0 Å². The molecule has 0 saturated heterocycles. The van der Waals surface area contributed by atoms with Crippen LogP contribution in [0.1, 0.15) is 42.5 Å². The normalized spacial score (nSPS) is 14.7. The van der Waals surface area contributed by atoms with Crippen molar-refractivity contribution in [3.05, 3.63) is 81.8 Å². The van der Waals surface area contributed by atoms with Gasteiger partial charge in [-0.2, -0.15) is 0 Å². The lowest BCUT2D eigenvalue weighted by molar-refractivity contribution is 0.357. The fourth-order valence-electron chi connectivity index (χ4n) is 3.47. The third kappa shape index (κ3) is 2.67. The zero-order valence-electron chi connectivity index (χ0n) is 13.9. The quantitative estimate of drug-likeness (QED) is 0.602. The second-order valence-electron chi connectivity index (χ2n) is 6.59. The summed E-state index contributed by atoms with van der Waals surface area (Å²) < 4.78 is 0. The molecule has 3 heteroatoms. The van der Waals surface area contributed by atoms with E-state index in [4.69, 9.17) is 0 Å². The van der Waals surface area contributed by atoms with Crippen LogP contribution in [0.3, 0.4) is 0 Å². The van der Waals surface area contributed by atoms with Crippen molar-refractivity contribution in [3.63, 3.8) is 0 Å². The van der Waals surface area contributed by atoms with E-state index >= 15 is 0 Å². The summed E-state index contributed by atoms with van der Waals surface area (Å²) in [6.07, 6.45) is 3.02.